The lowest BCUT2D eigenvalue weighted by molar-refractivity contribution is -0.115. The van der Waals surface area contributed by atoms with Crippen LogP contribution in [0.25, 0.3) is 0 Å². The van der Waals surface area contributed by atoms with Gasteiger partial charge in [0.05, 0.1) is 18.6 Å². The van der Waals surface area contributed by atoms with Crippen LogP contribution in [0.15, 0.2) is 11.8 Å². The van der Waals surface area contributed by atoms with Gasteiger partial charge in [0.15, 0.2) is 5.78 Å². The van der Waals surface area contributed by atoms with E-state index in [1.54, 1.807) is 6.92 Å². The van der Waals surface area contributed by atoms with Crippen LogP contribution in [0.5, 0.6) is 0 Å². The molecule has 0 saturated carbocycles. The highest BCUT2D eigenvalue weighted by molar-refractivity contribution is 8.15. The molecule has 60 valence electrons. The minimum atomic E-state index is -0.177. The molecular formula is C7H8O3S. The highest BCUT2D eigenvalue weighted by Gasteiger charge is 2.27. The number of hydrogen-bond donors (Lipinski definition) is 0. The van der Waals surface area contributed by atoms with Crippen molar-refractivity contribution in [2.75, 3.05) is 12.4 Å². The fourth-order valence-electron chi connectivity index (χ4n) is 0.681. The van der Waals surface area contributed by atoms with Gasteiger partial charge in [0.2, 0.25) is 5.12 Å². The lowest BCUT2D eigenvalue weighted by Crippen LogP contribution is -2.01. The van der Waals surface area contributed by atoms with Crippen molar-refractivity contribution >= 4 is 22.7 Å². The standard InChI is InChI=1S/C7H8O3S/c1-2-10-3-5-6(8)4-11-7(5)9/h3H,2,4H2,1H3/b5-3+. The van der Waals surface area contributed by atoms with E-state index in [1.165, 1.54) is 6.26 Å². The Hall–Kier alpha value is -0.770. The maximum absolute atomic E-state index is 10.9. The van der Waals surface area contributed by atoms with E-state index in [-0.39, 0.29) is 22.2 Å². The number of carbonyl (C=O) groups excluding carboxylic acids is 2. The van der Waals surface area contributed by atoms with Crippen LogP contribution in [0.2, 0.25) is 0 Å². The van der Waals surface area contributed by atoms with Crippen LogP contribution in [0.3, 0.4) is 0 Å². The van der Waals surface area contributed by atoms with Gasteiger partial charge in [0.1, 0.15) is 5.57 Å². The lowest BCUT2D eigenvalue weighted by Gasteiger charge is -1.93. The molecule has 0 aromatic rings. The molecule has 11 heavy (non-hydrogen) atoms. The quantitative estimate of drug-likeness (QED) is 0.350. The zero-order valence-corrected chi connectivity index (χ0v) is 6.94. The van der Waals surface area contributed by atoms with E-state index in [0.29, 0.717) is 6.61 Å². The number of ketones is 1. The Morgan fingerprint density at radius 2 is 2.36 bits per heavy atom. The number of Topliss-reactive ketones (excluding diaryl/α,β-unsaturated/α-hetero) is 1. The van der Waals surface area contributed by atoms with Gasteiger partial charge in [-0.3, -0.25) is 9.59 Å². The molecule has 0 unspecified atom stereocenters. The SMILES string of the molecule is CCO/C=C1\C(=O)CSC1=O. The van der Waals surface area contributed by atoms with Crippen molar-refractivity contribution in [3.05, 3.63) is 11.8 Å². The van der Waals surface area contributed by atoms with E-state index in [2.05, 4.69) is 0 Å². The Bertz CT molecular complexity index is 202. The number of hydrogen-bond acceptors (Lipinski definition) is 4. The van der Waals surface area contributed by atoms with Crippen molar-refractivity contribution in [2.45, 2.75) is 6.92 Å². The maximum atomic E-state index is 10.9. The monoisotopic (exact) mass is 172 g/mol. The molecule has 1 saturated heterocycles. The molecule has 1 rings (SSSR count). The summed E-state index contributed by atoms with van der Waals surface area (Å²) >= 11 is 1.03. The van der Waals surface area contributed by atoms with Crippen LogP contribution < -0.4 is 0 Å². The summed E-state index contributed by atoms with van der Waals surface area (Å²) in [5, 5.41) is -0.177. The highest BCUT2D eigenvalue weighted by atomic mass is 32.2. The van der Waals surface area contributed by atoms with Gasteiger partial charge >= 0.3 is 0 Å². The molecular weight excluding hydrogens is 164 g/mol. The summed E-state index contributed by atoms with van der Waals surface area (Å²) in [5.41, 5.74) is 0.192. The molecule has 0 N–H and O–H groups in total. The van der Waals surface area contributed by atoms with Crippen molar-refractivity contribution in [3.8, 4) is 0 Å². The predicted molar refractivity (Wildman–Crippen MR) is 42.2 cm³/mol. The summed E-state index contributed by atoms with van der Waals surface area (Å²) in [6.45, 7) is 2.28. The smallest absolute Gasteiger partial charge is 0.226 e. The molecule has 0 spiro atoms. The minimum absolute atomic E-state index is 0.131. The lowest BCUT2D eigenvalue weighted by atomic mass is 10.2. The van der Waals surface area contributed by atoms with Crippen molar-refractivity contribution in [1.82, 2.24) is 0 Å². The second-order valence-electron chi connectivity index (χ2n) is 1.99. The van der Waals surface area contributed by atoms with Crippen LogP contribution in [-0.2, 0) is 14.3 Å². The molecule has 1 heterocycles. The molecule has 0 atom stereocenters. The normalized spacial score (nSPS) is 21.4. The Morgan fingerprint density at radius 1 is 1.64 bits per heavy atom. The second kappa shape index (κ2) is 3.57. The summed E-state index contributed by atoms with van der Waals surface area (Å²) < 4.78 is 4.84. The maximum Gasteiger partial charge on any atom is 0.226 e. The molecule has 1 aliphatic heterocycles. The van der Waals surface area contributed by atoms with Crippen LogP contribution in [-0.4, -0.2) is 23.3 Å². The third kappa shape index (κ3) is 1.83. The Balaban J connectivity index is 2.68. The van der Waals surface area contributed by atoms with Crippen LogP contribution in [0, 0.1) is 0 Å². The van der Waals surface area contributed by atoms with Gasteiger partial charge in [-0.1, -0.05) is 11.8 Å². The fraction of sp³-hybridized carbons (Fsp3) is 0.429. The van der Waals surface area contributed by atoms with E-state index in [9.17, 15) is 9.59 Å². The zero-order chi connectivity index (χ0) is 8.27. The topological polar surface area (TPSA) is 43.4 Å². The third-order valence-electron chi connectivity index (χ3n) is 1.22. The predicted octanol–water partition coefficient (Wildman–Crippen LogP) is 0.749. The molecule has 1 fully saturated rings. The van der Waals surface area contributed by atoms with E-state index >= 15 is 0 Å². The molecule has 0 bridgehead atoms. The van der Waals surface area contributed by atoms with Gasteiger partial charge in [-0.15, -0.1) is 0 Å². The number of ether oxygens (including phenoxy) is 1. The second-order valence-corrected chi connectivity index (χ2v) is 2.93. The number of carbonyl (C=O) groups is 2. The van der Waals surface area contributed by atoms with Crippen molar-refractivity contribution in [1.29, 1.82) is 0 Å². The average molecular weight is 172 g/mol. The summed E-state index contributed by atoms with van der Waals surface area (Å²) in [4.78, 5) is 21.8. The molecule has 0 aromatic heterocycles. The van der Waals surface area contributed by atoms with Crippen molar-refractivity contribution in [2.24, 2.45) is 0 Å². The van der Waals surface area contributed by atoms with Gasteiger partial charge in [-0.05, 0) is 6.92 Å². The van der Waals surface area contributed by atoms with Gasteiger partial charge in [-0.25, -0.2) is 0 Å². The Morgan fingerprint density at radius 3 is 2.82 bits per heavy atom. The first-order valence-electron chi connectivity index (χ1n) is 3.27. The third-order valence-corrected chi connectivity index (χ3v) is 2.11. The van der Waals surface area contributed by atoms with Gasteiger partial charge in [-0.2, -0.15) is 0 Å². The minimum Gasteiger partial charge on any atom is -0.501 e. The van der Waals surface area contributed by atoms with E-state index in [0.717, 1.165) is 11.8 Å². The fourth-order valence-corrected chi connectivity index (χ4v) is 1.42. The molecule has 3 nitrogen and oxygen atoms in total. The van der Waals surface area contributed by atoms with Crippen molar-refractivity contribution < 1.29 is 14.3 Å². The molecule has 0 amide bonds. The van der Waals surface area contributed by atoms with Gasteiger partial charge in [0, 0.05) is 0 Å². The molecule has 0 aliphatic carbocycles. The summed E-state index contributed by atoms with van der Waals surface area (Å²) in [7, 11) is 0. The summed E-state index contributed by atoms with van der Waals surface area (Å²) in [6, 6.07) is 0. The highest BCUT2D eigenvalue weighted by Crippen LogP contribution is 2.21. The van der Waals surface area contributed by atoms with Gasteiger partial charge < -0.3 is 4.74 Å². The van der Waals surface area contributed by atoms with E-state index in [4.69, 9.17) is 4.74 Å². The molecule has 4 heteroatoms. The molecule has 0 aromatic carbocycles. The van der Waals surface area contributed by atoms with E-state index < -0.39 is 0 Å². The first kappa shape index (κ1) is 8.33. The summed E-state index contributed by atoms with van der Waals surface area (Å²) in [5.74, 6) is 0.131. The Kier molecular flexibility index (Phi) is 2.70. The van der Waals surface area contributed by atoms with Gasteiger partial charge in [0.25, 0.3) is 0 Å². The largest absolute Gasteiger partial charge is 0.501 e. The number of thioether (sulfide) groups is 1. The average Bonchev–Trinajstić information content (AvgIpc) is 2.29. The first-order chi connectivity index (χ1) is 5.25. The number of rotatable bonds is 2. The zero-order valence-electron chi connectivity index (χ0n) is 6.12. The molecule has 0 radical (unpaired) electrons. The van der Waals surface area contributed by atoms with Crippen LogP contribution >= 0.6 is 11.8 Å². The Labute approximate surface area is 68.8 Å². The van der Waals surface area contributed by atoms with Crippen molar-refractivity contribution in [3.63, 3.8) is 0 Å². The van der Waals surface area contributed by atoms with Crippen LogP contribution in [0.4, 0.5) is 0 Å². The van der Waals surface area contributed by atoms with E-state index in [1.807, 2.05) is 0 Å². The van der Waals surface area contributed by atoms with Crippen LogP contribution in [0.1, 0.15) is 6.92 Å². The first-order valence-corrected chi connectivity index (χ1v) is 4.26. The summed E-state index contributed by atoms with van der Waals surface area (Å²) in [6.07, 6.45) is 1.25. The molecule has 1 aliphatic rings.